The molecule has 2 saturated heterocycles. The molecule has 2 aliphatic heterocycles. The summed E-state index contributed by atoms with van der Waals surface area (Å²) in [5.74, 6) is 2.23. The van der Waals surface area contributed by atoms with Crippen molar-refractivity contribution in [3.8, 4) is 11.6 Å². The van der Waals surface area contributed by atoms with Crippen LogP contribution in [0.5, 0.6) is 11.6 Å². The minimum Gasteiger partial charge on any atom is -0.436 e. The normalized spacial score (nSPS) is 17.6. The van der Waals surface area contributed by atoms with Crippen LogP contribution in [0, 0.1) is 12.8 Å². The number of piperidine rings is 2. The van der Waals surface area contributed by atoms with E-state index in [-0.39, 0.29) is 17.9 Å². The van der Waals surface area contributed by atoms with Crippen LogP contribution < -0.4 is 15.0 Å². The van der Waals surface area contributed by atoms with Crippen LogP contribution >= 0.6 is 0 Å². The molecule has 3 aromatic rings. The van der Waals surface area contributed by atoms with Gasteiger partial charge in [-0.05, 0) is 50.3 Å². The summed E-state index contributed by atoms with van der Waals surface area (Å²) in [5.41, 5.74) is 2.53. The summed E-state index contributed by atoms with van der Waals surface area (Å²) in [6, 6.07) is 18.8. The van der Waals surface area contributed by atoms with Gasteiger partial charge < -0.3 is 15.0 Å². The Morgan fingerprint density at radius 2 is 1.61 bits per heavy atom. The Hall–Kier alpha value is -3.45. The first-order valence-electron chi connectivity index (χ1n) is 13.0. The first-order chi connectivity index (χ1) is 17.6. The maximum Gasteiger partial charge on any atom is 0.263 e. The molecule has 0 saturated carbocycles. The first kappa shape index (κ1) is 24.3. The molecule has 3 heterocycles. The Balaban J connectivity index is 1.09. The van der Waals surface area contributed by atoms with Crippen LogP contribution in [-0.2, 0) is 11.3 Å². The van der Waals surface area contributed by atoms with E-state index in [9.17, 15) is 4.79 Å². The number of nitrogens with zero attached hydrogens (tertiary/aromatic N) is 4. The molecule has 0 atom stereocenters. The maximum absolute atomic E-state index is 13.0. The summed E-state index contributed by atoms with van der Waals surface area (Å²) in [5, 5.41) is 3.34. The van der Waals surface area contributed by atoms with Gasteiger partial charge in [-0.25, -0.2) is 9.97 Å². The number of carbonyl (C=O) groups excluding carboxylic acids is 1. The molecule has 0 aliphatic carbocycles. The van der Waals surface area contributed by atoms with Crippen LogP contribution in [0.2, 0.25) is 0 Å². The molecule has 5 rings (SSSR count). The number of aromatic nitrogens is 2. The number of carbonyl (C=O) groups is 1. The standard InChI is InChI=1S/C29H35N5O2/c1-22-7-9-26(10-8-22)36-29-27(30-15-16-31-29)34-19-11-24(12-20-34)28(35)32-25-13-17-33(18-14-25)21-23-5-3-2-4-6-23/h2-10,15-16,24-25H,11-14,17-21H2,1H3,(H,32,35). The topological polar surface area (TPSA) is 70.6 Å². The highest BCUT2D eigenvalue weighted by molar-refractivity contribution is 5.79. The third-order valence-corrected chi connectivity index (χ3v) is 7.23. The summed E-state index contributed by atoms with van der Waals surface area (Å²) in [7, 11) is 0. The zero-order chi connectivity index (χ0) is 24.7. The first-order valence-corrected chi connectivity index (χ1v) is 13.0. The molecule has 0 spiro atoms. The molecule has 2 aromatic carbocycles. The second kappa shape index (κ2) is 11.5. The molecule has 0 radical (unpaired) electrons. The zero-order valence-electron chi connectivity index (χ0n) is 21.0. The number of anilines is 1. The molecule has 2 fully saturated rings. The van der Waals surface area contributed by atoms with Gasteiger partial charge in [0.15, 0.2) is 5.82 Å². The number of hydrogen-bond donors (Lipinski definition) is 1. The van der Waals surface area contributed by atoms with E-state index in [4.69, 9.17) is 4.74 Å². The number of nitrogens with one attached hydrogen (secondary N) is 1. The molecule has 0 bridgehead atoms. The van der Waals surface area contributed by atoms with Gasteiger partial charge in [-0.3, -0.25) is 9.69 Å². The monoisotopic (exact) mass is 485 g/mol. The van der Waals surface area contributed by atoms with Crippen molar-refractivity contribution < 1.29 is 9.53 Å². The molecular weight excluding hydrogens is 450 g/mol. The van der Waals surface area contributed by atoms with Gasteiger partial charge in [-0.15, -0.1) is 0 Å². The Kier molecular flexibility index (Phi) is 7.76. The Morgan fingerprint density at radius 1 is 0.917 bits per heavy atom. The molecule has 2 aliphatic rings. The van der Waals surface area contributed by atoms with Gasteiger partial charge in [-0.2, -0.15) is 0 Å². The highest BCUT2D eigenvalue weighted by Gasteiger charge is 2.29. The number of benzene rings is 2. The van der Waals surface area contributed by atoms with Crippen molar-refractivity contribution in [3.63, 3.8) is 0 Å². The van der Waals surface area contributed by atoms with Crippen LogP contribution in [0.1, 0.15) is 36.8 Å². The molecule has 7 nitrogen and oxygen atoms in total. The lowest BCUT2D eigenvalue weighted by Crippen LogP contribution is -2.48. The number of aryl methyl sites for hydroxylation is 1. The van der Waals surface area contributed by atoms with Gasteiger partial charge in [0.1, 0.15) is 5.75 Å². The van der Waals surface area contributed by atoms with Crippen LogP contribution in [0.25, 0.3) is 0 Å². The van der Waals surface area contributed by atoms with Gasteiger partial charge in [0, 0.05) is 57.1 Å². The lowest BCUT2D eigenvalue weighted by Gasteiger charge is -2.35. The highest BCUT2D eigenvalue weighted by Crippen LogP contribution is 2.31. The van der Waals surface area contributed by atoms with Crippen molar-refractivity contribution in [2.45, 2.75) is 45.2 Å². The van der Waals surface area contributed by atoms with E-state index in [2.05, 4.69) is 55.4 Å². The SMILES string of the molecule is Cc1ccc(Oc2nccnc2N2CCC(C(=O)NC3CCN(Cc4ccccc4)CC3)CC2)cc1. The molecule has 1 N–H and O–H groups in total. The lowest BCUT2D eigenvalue weighted by atomic mass is 9.94. The van der Waals surface area contributed by atoms with E-state index in [1.54, 1.807) is 12.4 Å². The quantitative estimate of drug-likeness (QED) is 0.529. The smallest absolute Gasteiger partial charge is 0.263 e. The van der Waals surface area contributed by atoms with Gasteiger partial charge in [-0.1, -0.05) is 48.0 Å². The highest BCUT2D eigenvalue weighted by atomic mass is 16.5. The molecule has 0 unspecified atom stereocenters. The maximum atomic E-state index is 13.0. The molecule has 1 amide bonds. The van der Waals surface area contributed by atoms with Crippen molar-refractivity contribution in [1.29, 1.82) is 0 Å². The fourth-order valence-corrected chi connectivity index (χ4v) is 5.07. The van der Waals surface area contributed by atoms with Crippen molar-refractivity contribution in [2.75, 3.05) is 31.1 Å². The summed E-state index contributed by atoms with van der Waals surface area (Å²) >= 11 is 0. The van der Waals surface area contributed by atoms with E-state index >= 15 is 0 Å². The summed E-state index contributed by atoms with van der Waals surface area (Å²) in [6.45, 7) is 6.60. The second-order valence-corrected chi connectivity index (χ2v) is 9.91. The Labute approximate surface area is 213 Å². The molecule has 188 valence electrons. The number of likely N-dealkylation sites (tertiary alicyclic amines) is 1. The van der Waals surface area contributed by atoms with E-state index in [1.165, 1.54) is 11.1 Å². The van der Waals surface area contributed by atoms with Crippen LogP contribution in [0.3, 0.4) is 0 Å². The molecule has 1 aromatic heterocycles. The zero-order valence-corrected chi connectivity index (χ0v) is 21.0. The van der Waals surface area contributed by atoms with Crippen molar-refractivity contribution in [1.82, 2.24) is 20.2 Å². The van der Waals surface area contributed by atoms with E-state index < -0.39 is 0 Å². The Bertz CT molecular complexity index is 1120. The third kappa shape index (κ3) is 6.21. The fraction of sp³-hybridized carbons (Fsp3) is 0.414. The fourth-order valence-electron chi connectivity index (χ4n) is 5.07. The average molecular weight is 486 g/mol. The van der Waals surface area contributed by atoms with E-state index in [1.807, 2.05) is 31.2 Å². The van der Waals surface area contributed by atoms with Gasteiger partial charge in [0.2, 0.25) is 5.91 Å². The minimum atomic E-state index is 0.0433. The summed E-state index contributed by atoms with van der Waals surface area (Å²) in [6.07, 6.45) is 6.98. The number of ether oxygens (including phenoxy) is 1. The van der Waals surface area contributed by atoms with Crippen LogP contribution in [-0.4, -0.2) is 53.0 Å². The number of amides is 1. The van der Waals surface area contributed by atoms with Crippen molar-refractivity contribution >= 4 is 11.7 Å². The summed E-state index contributed by atoms with van der Waals surface area (Å²) < 4.78 is 6.04. The van der Waals surface area contributed by atoms with Crippen LogP contribution in [0.4, 0.5) is 5.82 Å². The minimum absolute atomic E-state index is 0.0433. The van der Waals surface area contributed by atoms with Gasteiger partial charge >= 0.3 is 0 Å². The number of hydrogen-bond acceptors (Lipinski definition) is 6. The predicted molar refractivity (Wildman–Crippen MR) is 141 cm³/mol. The molecular formula is C29H35N5O2. The van der Waals surface area contributed by atoms with Crippen LogP contribution in [0.15, 0.2) is 67.0 Å². The molecule has 7 heteroatoms. The van der Waals surface area contributed by atoms with Gasteiger partial charge in [0.05, 0.1) is 0 Å². The Morgan fingerprint density at radius 3 is 2.33 bits per heavy atom. The van der Waals surface area contributed by atoms with E-state index in [0.29, 0.717) is 5.88 Å². The van der Waals surface area contributed by atoms with Crippen molar-refractivity contribution in [2.24, 2.45) is 5.92 Å². The third-order valence-electron chi connectivity index (χ3n) is 7.23. The van der Waals surface area contributed by atoms with Gasteiger partial charge in [0.25, 0.3) is 5.88 Å². The second-order valence-electron chi connectivity index (χ2n) is 9.91. The largest absolute Gasteiger partial charge is 0.436 e. The van der Waals surface area contributed by atoms with Crippen molar-refractivity contribution in [3.05, 3.63) is 78.1 Å². The number of rotatable bonds is 7. The predicted octanol–water partition coefficient (Wildman–Crippen LogP) is 4.57. The van der Waals surface area contributed by atoms with E-state index in [0.717, 1.165) is 70.0 Å². The molecule has 36 heavy (non-hydrogen) atoms. The lowest BCUT2D eigenvalue weighted by molar-refractivity contribution is -0.126. The average Bonchev–Trinajstić information content (AvgIpc) is 2.92. The summed E-state index contributed by atoms with van der Waals surface area (Å²) in [4.78, 5) is 26.7.